The fraction of sp³-hybridized carbons (Fsp3) is 0.667. The van der Waals surface area contributed by atoms with E-state index in [1.54, 1.807) is 0 Å². The van der Waals surface area contributed by atoms with Crippen LogP contribution >= 0.6 is 0 Å². The summed E-state index contributed by atoms with van der Waals surface area (Å²) in [5.41, 5.74) is 3.33. The van der Waals surface area contributed by atoms with E-state index in [0.717, 1.165) is 13.0 Å². The fourth-order valence-corrected chi connectivity index (χ4v) is 2.12. The second-order valence-corrected chi connectivity index (χ2v) is 7.89. The van der Waals surface area contributed by atoms with Crippen molar-refractivity contribution in [1.29, 1.82) is 0 Å². The van der Waals surface area contributed by atoms with Crippen molar-refractivity contribution in [3.8, 4) is 0 Å². The number of hydrogen-bond acceptors (Lipinski definition) is 1. The molecule has 0 spiro atoms. The van der Waals surface area contributed by atoms with Crippen molar-refractivity contribution < 1.29 is 0 Å². The van der Waals surface area contributed by atoms with Crippen LogP contribution in [0, 0.1) is 5.92 Å². The zero-order chi connectivity index (χ0) is 14.7. The van der Waals surface area contributed by atoms with E-state index in [2.05, 4.69) is 78.0 Å². The van der Waals surface area contributed by atoms with Gasteiger partial charge in [0.15, 0.2) is 0 Å². The largest absolute Gasteiger partial charge is 0.312 e. The third-order valence-electron chi connectivity index (χ3n) is 3.36. The van der Waals surface area contributed by atoms with Crippen LogP contribution in [0.3, 0.4) is 0 Å². The Morgan fingerprint density at radius 1 is 1.05 bits per heavy atom. The van der Waals surface area contributed by atoms with Crippen molar-refractivity contribution in [3.63, 3.8) is 0 Å². The van der Waals surface area contributed by atoms with Crippen molar-refractivity contribution in [3.05, 3.63) is 35.4 Å². The molecule has 0 aliphatic carbocycles. The molecular formula is C18H31N. The average Bonchev–Trinajstić information content (AvgIpc) is 2.25. The van der Waals surface area contributed by atoms with Crippen LogP contribution in [0.1, 0.15) is 59.6 Å². The van der Waals surface area contributed by atoms with E-state index in [-0.39, 0.29) is 11.0 Å². The highest BCUT2D eigenvalue weighted by Gasteiger charge is 2.15. The third kappa shape index (κ3) is 6.24. The molecule has 1 heteroatoms. The van der Waals surface area contributed by atoms with Crippen molar-refractivity contribution in [1.82, 2.24) is 5.32 Å². The fourth-order valence-electron chi connectivity index (χ4n) is 2.12. The van der Waals surface area contributed by atoms with Crippen molar-refractivity contribution in [2.45, 2.75) is 65.8 Å². The minimum absolute atomic E-state index is 0.210. The molecule has 0 heterocycles. The minimum atomic E-state index is 0.210. The van der Waals surface area contributed by atoms with Gasteiger partial charge < -0.3 is 5.32 Å². The predicted molar refractivity (Wildman–Crippen MR) is 85.8 cm³/mol. The van der Waals surface area contributed by atoms with Crippen LogP contribution in [-0.2, 0) is 11.8 Å². The monoisotopic (exact) mass is 261 g/mol. The minimum Gasteiger partial charge on any atom is -0.312 e. The van der Waals surface area contributed by atoms with E-state index in [1.165, 1.54) is 11.1 Å². The lowest BCUT2D eigenvalue weighted by atomic mass is 9.85. The van der Waals surface area contributed by atoms with E-state index in [1.807, 2.05) is 0 Å². The van der Waals surface area contributed by atoms with Crippen LogP contribution in [0.15, 0.2) is 24.3 Å². The highest BCUT2D eigenvalue weighted by Crippen LogP contribution is 2.23. The number of benzene rings is 1. The summed E-state index contributed by atoms with van der Waals surface area (Å²) in [5, 5.41) is 3.59. The van der Waals surface area contributed by atoms with Gasteiger partial charge in [-0.15, -0.1) is 0 Å². The van der Waals surface area contributed by atoms with E-state index in [9.17, 15) is 0 Å². The summed E-state index contributed by atoms with van der Waals surface area (Å²) in [4.78, 5) is 0. The van der Waals surface area contributed by atoms with Gasteiger partial charge in [0.25, 0.3) is 0 Å². The molecule has 0 fully saturated rings. The van der Waals surface area contributed by atoms with Gasteiger partial charge in [-0.05, 0) is 56.2 Å². The van der Waals surface area contributed by atoms with Crippen LogP contribution in [0.5, 0.6) is 0 Å². The molecule has 1 aromatic carbocycles. The first-order valence-electron chi connectivity index (χ1n) is 7.42. The standard InChI is InChI=1S/C18H31N/c1-14(13-19-18(5,6)7)11-15-9-8-10-16(12-15)17(2,3)4/h8-10,12,14,19H,11,13H2,1-7H3/t14-/m0/s1. The van der Waals surface area contributed by atoms with Gasteiger partial charge in [-0.25, -0.2) is 0 Å². The Labute approximate surface area is 119 Å². The van der Waals surface area contributed by atoms with E-state index >= 15 is 0 Å². The first-order chi connectivity index (χ1) is 8.58. The van der Waals surface area contributed by atoms with Gasteiger partial charge in [-0.2, -0.15) is 0 Å². The maximum Gasteiger partial charge on any atom is 0.00966 e. The molecule has 0 aliphatic rings. The molecule has 1 rings (SSSR count). The van der Waals surface area contributed by atoms with Crippen molar-refractivity contribution in [2.24, 2.45) is 5.92 Å². The second kappa shape index (κ2) is 6.09. The highest BCUT2D eigenvalue weighted by molar-refractivity contribution is 5.28. The molecule has 1 nitrogen and oxygen atoms in total. The Hall–Kier alpha value is -0.820. The molecule has 1 aromatic rings. The maximum atomic E-state index is 3.59. The van der Waals surface area contributed by atoms with Crippen molar-refractivity contribution >= 4 is 0 Å². The van der Waals surface area contributed by atoms with Crippen LogP contribution in [-0.4, -0.2) is 12.1 Å². The van der Waals surface area contributed by atoms with Gasteiger partial charge in [0.1, 0.15) is 0 Å². The smallest absolute Gasteiger partial charge is 0.00966 e. The molecular weight excluding hydrogens is 230 g/mol. The predicted octanol–water partition coefficient (Wildman–Crippen LogP) is 4.55. The lowest BCUT2D eigenvalue weighted by Crippen LogP contribution is -2.39. The van der Waals surface area contributed by atoms with Crippen molar-refractivity contribution in [2.75, 3.05) is 6.54 Å². The summed E-state index contributed by atoms with van der Waals surface area (Å²) in [6, 6.07) is 9.05. The number of hydrogen-bond donors (Lipinski definition) is 1. The number of rotatable bonds is 4. The Bertz CT molecular complexity index is 393. The summed E-state index contributed by atoms with van der Waals surface area (Å²) >= 11 is 0. The van der Waals surface area contributed by atoms with E-state index in [0.29, 0.717) is 5.92 Å². The molecule has 0 radical (unpaired) electrons. The van der Waals surface area contributed by atoms with E-state index < -0.39 is 0 Å². The molecule has 1 atom stereocenters. The topological polar surface area (TPSA) is 12.0 Å². The van der Waals surface area contributed by atoms with Crippen LogP contribution in [0.25, 0.3) is 0 Å². The zero-order valence-electron chi connectivity index (χ0n) is 13.8. The molecule has 1 N–H and O–H groups in total. The van der Waals surface area contributed by atoms with Crippen LogP contribution in [0.4, 0.5) is 0 Å². The Morgan fingerprint density at radius 2 is 1.68 bits per heavy atom. The van der Waals surface area contributed by atoms with E-state index in [4.69, 9.17) is 0 Å². The molecule has 0 aromatic heterocycles. The highest BCUT2D eigenvalue weighted by atomic mass is 14.9. The molecule has 0 aliphatic heterocycles. The Balaban J connectivity index is 2.62. The third-order valence-corrected chi connectivity index (χ3v) is 3.36. The average molecular weight is 261 g/mol. The molecule has 0 saturated heterocycles. The molecule has 19 heavy (non-hydrogen) atoms. The van der Waals surface area contributed by atoms with Crippen LogP contribution < -0.4 is 5.32 Å². The molecule has 0 saturated carbocycles. The summed E-state index contributed by atoms with van der Waals surface area (Å²) < 4.78 is 0. The lowest BCUT2D eigenvalue weighted by Gasteiger charge is -2.24. The zero-order valence-corrected chi connectivity index (χ0v) is 13.8. The molecule has 0 amide bonds. The van der Waals surface area contributed by atoms with Gasteiger partial charge in [-0.3, -0.25) is 0 Å². The first kappa shape index (κ1) is 16.2. The summed E-state index contributed by atoms with van der Waals surface area (Å²) in [7, 11) is 0. The van der Waals surface area contributed by atoms with Gasteiger partial charge in [0, 0.05) is 5.54 Å². The number of nitrogens with one attached hydrogen (secondary N) is 1. The normalized spacial score (nSPS) is 14.5. The molecule has 0 bridgehead atoms. The molecule has 108 valence electrons. The molecule has 0 unspecified atom stereocenters. The van der Waals surface area contributed by atoms with Crippen LogP contribution in [0.2, 0.25) is 0 Å². The first-order valence-corrected chi connectivity index (χ1v) is 7.42. The second-order valence-electron chi connectivity index (χ2n) is 7.89. The van der Waals surface area contributed by atoms with Gasteiger partial charge in [0.05, 0.1) is 0 Å². The Kier molecular flexibility index (Phi) is 5.20. The quantitative estimate of drug-likeness (QED) is 0.838. The summed E-state index contributed by atoms with van der Waals surface area (Å²) in [5.74, 6) is 0.662. The van der Waals surface area contributed by atoms with Gasteiger partial charge in [0.2, 0.25) is 0 Å². The maximum absolute atomic E-state index is 3.59. The lowest BCUT2D eigenvalue weighted by molar-refractivity contribution is 0.381. The Morgan fingerprint density at radius 3 is 2.21 bits per heavy atom. The van der Waals surface area contributed by atoms with Gasteiger partial charge in [-0.1, -0.05) is 52.0 Å². The summed E-state index contributed by atoms with van der Waals surface area (Å²) in [6.45, 7) is 16.9. The SMILES string of the molecule is C[C@H](CNC(C)(C)C)Cc1cccc(C(C)(C)C)c1. The van der Waals surface area contributed by atoms with Gasteiger partial charge >= 0.3 is 0 Å². The summed E-state index contributed by atoms with van der Waals surface area (Å²) in [6.07, 6.45) is 1.15.